The highest BCUT2D eigenvalue weighted by molar-refractivity contribution is 5.91. The molecule has 1 fully saturated rings. The standard InChI is InChI=1S/C28H36N6O/c1-6-13-33-14-7-8-23(18-33)25-17-29-12-11-24(25)21-9-10-22(20(2)15-21)16-30-27(35)26-19-34(32-31-26)28(3,4)5/h6,9-13,15,17,19,23H,7-8,14,16,18H2,1-5H3,(H,30,35). The van der Waals surface area contributed by atoms with Crippen molar-refractivity contribution in [3.05, 3.63) is 77.5 Å². The zero-order chi connectivity index (χ0) is 25.0. The first-order valence-electron chi connectivity index (χ1n) is 12.4. The molecular formula is C28H36N6O. The van der Waals surface area contributed by atoms with E-state index in [-0.39, 0.29) is 11.4 Å². The number of amides is 1. The van der Waals surface area contributed by atoms with Crippen molar-refractivity contribution in [2.75, 3.05) is 13.1 Å². The van der Waals surface area contributed by atoms with Crippen molar-refractivity contribution in [1.82, 2.24) is 30.2 Å². The fourth-order valence-electron chi connectivity index (χ4n) is 4.62. The number of carbonyl (C=O) groups excluding carboxylic acids is 1. The van der Waals surface area contributed by atoms with Crippen LogP contribution in [-0.4, -0.2) is 43.9 Å². The van der Waals surface area contributed by atoms with Crippen LogP contribution in [0.15, 0.2) is 55.1 Å². The van der Waals surface area contributed by atoms with Crippen LogP contribution in [0.4, 0.5) is 0 Å². The van der Waals surface area contributed by atoms with E-state index in [1.54, 1.807) is 10.9 Å². The smallest absolute Gasteiger partial charge is 0.273 e. The summed E-state index contributed by atoms with van der Waals surface area (Å²) in [5, 5.41) is 11.1. The first kappa shape index (κ1) is 24.6. The van der Waals surface area contributed by atoms with Gasteiger partial charge >= 0.3 is 0 Å². The lowest BCUT2D eigenvalue weighted by Gasteiger charge is -2.33. The molecule has 1 saturated heterocycles. The molecule has 0 saturated carbocycles. The van der Waals surface area contributed by atoms with Gasteiger partial charge in [0.15, 0.2) is 5.69 Å². The van der Waals surface area contributed by atoms with E-state index >= 15 is 0 Å². The van der Waals surface area contributed by atoms with Crippen molar-refractivity contribution >= 4 is 5.91 Å². The highest BCUT2D eigenvalue weighted by atomic mass is 16.2. The van der Waals surface area contributed by atoms with Gasteiger partial charge in [0.2, 0.25) is 0 Å². The van der Waals surface area contributed by atoms with E-state index in [0.29, 0.717) is 18.2 Å². The van der Waals surface area contributed by atoms with E-state index < -0.39 is 0 Å². The third kappa shape index (κ3) is 5.78. The van der Waals surface area contributed by atoms with E-state index in [0.717, 1.165) is 24.2 Å². The molecule has 35 heavy (non-hydrogen) atoms. The SMILES string of the molecule is CC=CN1CCCC(c2cnccc2-c2ccc(CNC(=O)c3cn(C(C)(C)C)nn3)c(C)c2)C1. The minimum Gasteiger partial charge on any atom is -0.377 e. The molecule has 1 aliphatic rings. The molecule has 0 bridgehead atoms. The number of rotatable bonds is 6. The van der Waals surface area contributed by atoms with Gasteiger partial charge in [-0.3, -0.25) is 9.78 Å². The molecule has 184 valence electrons. The van der Waals surface area contributed by atoms with Gasteiger partial charge in [-0.1, -0.05) is 29.5 Å². The van der Waals surface area contributed by atoms with E-state index in [1.807, 2.05) is 33.2 Å². The number of benzene rings is 1. The number of likely N-dealkylation sites (tertiary alicyclic amines) is 1. The second kappa shape index (κ2) is 10.4. The third-order valence-electron chi connectivity index (χ3n) is 6.61. The van der Waals surface area contributed by atoms with Crippen LogP contribution in [0, 0.1) is 6.92 Å². The maximum atomic E-state index is 12.6. The van der Waals surface area contributed by atoms with Crippen LogP contribution < -0.4 is 5.32 Å². The highest BCUT2D eigenvalue weighted by Crippen LogP contribution is 2.34. The molecule has 1 unspecified atom stereocenters. The van der Waals surface area contributed by atoms with E-state index in [9.17, 15) is 4.79 Å². The first-order valence-corrected chi connectivity index (χ1v) is 12.4. The molecule has 1 aliphatic heterocycles. The quantitative estimate of drug-likeness (QED) is 0.544. The molecule has 0 spiro atoms. The zero-order valence-electron chi connectivity index (χ0n) is 21.5. The summed E-state index contributed by atoms with van der Waals surface area (Å²) in [7, 11) is 0. The lowest BCUT2D eigenvalue weighted by atomic mass is 9.86. The Morgan fingerprint density at radius 2 is 2.09 bits per heavy atom. The van der Waals surface area contributed by atoms with Crippen molar-refractivity contribution in [3.8, 4) is 11.1 Å². The summed E-state index contributed by atoms with van der Waals surface area (Å²) < 4.78 is 1.71. The van der Waals surface area contributed by atoms with Crippen LogP contribution >= 0.6 is 0 Å². The number of allylic oxidation sites excluding steroid dienone is 1. The molecule has 0 aliphatic carbocycles. The largest absolute Gasteiger partial charge is 0.377 e. The summed E-state index contributed by atoms with van der Waals surface area (Å²) in [6.07, 6.45) is 12.3. The number of aryl methyl sites for hydroxylation is 1. The fourth-order valence-corrected chi connectivity index (χ4v) is 4.62. The van der Waals surface area contributed by atoms with Crippen LogP contribution in [0.1, 0.15) is 73.6 Å². The number of carbonyl (C=O) groups is 1. The highest BCUT2D eigenvalue weighted by Gasteiger charge is 2.23. The molecule has 7 nitrogen and oxygen atoms in total. The average molecular weight is 473 g/mol. The fraction of sp³-hybridized carbons (Fsp3) is 0.429. The molecule has 1 amide bonds. The van der Waals surface area contributed by atoms with E-state index in [1.165, 1.54) is 29.5 Å². The minimum absolute atomic E-state index is 0.216. The van der Waals surface area contributed by atoms with Crippen molar-refractivity contribution in [2.45, 2.75) is 65.5 Å². The van der Waals surface area contributed by atoms with Crippen LogP contribution in [0.3, 0.4) is 0 Å². The summed E-state index contributed by atoms with van der Waals surface area (Å²) in [5.41, 5.74) is 6.07. The van der Waals surface area contributed by atoms with Gasteiger partial charge in [-0.25, -0.2) is 4.68 Å². The van der Waals surface area contributed by atoms with Crippen LogP contribution in [0.25, 0.3) is 11.1 Å². The molecule has 1 aromatic carbocycles. The summed E-state index contributed by atoms with van der Waals surface area (Å²) in [6, 6.07) is 8.59. The first-order chi connectivity index (χ1) is 16.8. The van der Waals surface area contributed by atoms with Gasteiger partial charge < -0.3 is 10.2 Å². The van der Waals surface area contributed by atoms with Gasteiger partial charge in [-0.15, -0.1) is 5.10 Å². The van der Waals surface area contributed by atoms with E-state index in [2.05, 4.69) is 75.9 Å². The maximum absolute atomic E-state index is 12.6. The third-order valence-corrected chi connectivity index (χ3v) is 6.61. The normalized spacial score (nSPS) is 16.6. The zero-order valence-corrected chi connectivity index (χ0v) is 21.5. The second-order valence-electron chi connectivity index (χ2n) is 10.3. The molecule has 4 rings (SSSR count). The Morgan fingerprint density at radius 1 is 1.26 bits per heavy atom. The Bertz CT molecular complexity index is 1210. The van der Waals surface area contributed by atoms with Crippen molar-refractivity contribution in [1.29, 1.82) is 0 Å². The second-order valence-corrected chi connectivity index (χ2v) is 10.3. The van der Waals surface area contributed by atoms with Crippen LogP contribution in [-0.2, 0) is 12.1 Å². The Labute approximate surface area is 208 Å². The molecule has 0 radical (unpaired) electrons. The Balaban J connectivity index is 1.48. The van der Waals surface area contributed by atoms with Crippen molar-refractivity contribution in [3.63, 3.8) is 0 Å². The van der Waals surface area contributed by atoms with Gasteiger partial charge in [-0.05, 0) is 87.5 Å². The van der Waals surface area contributed by atoms with Crippen LogP contribution in [0.5, 0.6) is 0 Å². The van der Waals surface area contributed by atoms with Gasteiger partial charge in [0.1, 0.15) is 0 Å². The van der Waals surface area contributed by atoms with E-state index in [4.69, 9.17) is 0 Å². The van der Waals surface area contributed by atoms with Gasteiger partial charge in [0.05, 0.1) is 11.7 Å². The Kier molecular flexibility index (Phi) is 7.34. The van der Waals surface area contributed by atoms with Crippen molar-refractivity contribution in [2.24, 2.45) is 0 Å². The topological polar surface area (TPSA) is 75.9 Å². The van der Waals surface area contributed by atoms with Gasteiger partial charge in [-0.2, -0.15) is 0 Å². The average Bonchev–Trinajstić information content (AvgIpc) is 3.35. The summed E-state index contributed by atoms with van der Waals surface area (Å²) in [6.45, 7) is 12.8. The number of hydrogen-bond acceptors (Lipinski definition) is 5. The summed E-state index contributed by atoms with van der Waals surface area (Å²) in [4.78, 5) is 19.5. The van der Waals surface area contributed by atoms with Gasteiger partial charge in [0, 0.05) is 37.9 Å². The van der Waals surface area contributed by atoms with Crippen molar-refractivity contribution < 1.29 is 4.79 Å². The molecule has 2 aromatic heterocycles. The number of hydrogen-bond donors (Lipinski definition) is 1. The Morgan fingerprint density at radius 3 is 2.80 bits per heavy atom. The van der Waals surface area contributed by atoms with Gasteiger partial charge in [0.25, 0.3) is 5.91 Å². The molecule has 7 heteroatoms. The Hall–Kier alpha value is -3.48. The molecule has 1 atom stereocenters. The van der Waals surface area contributed by atoms with Crippen LogP contribution in [0.2, 0.25) is 0 Å². The summed E-state index contributed by atoms with van der Waals surface area (Å²) >= 11 is 0. The number of pyridine rings is 1. The molecular weight excluding hydrogens is 436 g/mol. The predicted octanol–water partition coefficient (Wildman–Crippen LogP) is 5.05. The number of aromatic nitrogens is 4. The lowest BCUT2D eigenvalue weighted by Crippen LogP contribution is -2.30. The predicted molar refractivity (Wildman–Crippen MR) is 139 cm³/mol. The summed E-state index contributed by atoms with van der Waals surface area (Å²) in [5.74, 6) is 0.243. The lowest BCUT2D eigenvalue weighted by molar-refractivity contribution is 0.0945. The number of nitrogens with one attached hydrogen (secondary N) is 1. The monoisotopic (exact) mass is 472 g/mol. The molecule has 3 heterocycles. The number of nitrogens with zero attached hydrogens (tertiary/aromatic N) is 5. The number of piperidine rings is 1. The molecule has 1 N–H and O–H groups in total. The maximum Gasteiger partial charge on any atom is 0.273 e. The minimum atomic E-state index is -0.219. The molecule has 3 aromatic rings.